The van der Waals surface area contributed by atoms with Gasteiger partial charge in [0.2, 0.25) is 5.91 Å². The Bertz CT molecular complexity index is 523. The third-order valence-corrected chi connectivity index (χ3v) is 4.15. The molecular formula is C18H28N2O3. The maximum Gasteiger partial charge on any atom is 0.227 e. The Morgan fingerprint density at radius 1 is 1.09 bits per heavy atom. The summed E-state index contributed by atoms with van der Waals surface area (Å²) >= 11 is 0. The molecule has 2 rings (SSSR count). The van der Waals surface area contributed by atoms with E-state index >= 15 is 0 Å². The molecule has 23 heavy (non-hydrogen) atoms. The fourth-order valence-corrected chi connectivity index (χ4v) is 2.97. The summed E-state index contributed by atoms with van der Waals surface area (Å²) < 4.78 is 10.5. The number of piperazine rings is 1. The Hall–Kier alpha value is -1.75. The van der Waals surface area contributed by atoms with E-state index in [2.05, 4.69) is 18.7 Å². The van der Waals surface area contributed by atoms with E-state index in [1.807, 2.05) is 23.1 Å². The summed E-state index contributed by atoms with van der Waals surface area (Å²) in [7, 11) is 3.22. The molecule has 1 aliphatic rings. The first kappa shape index (κ1) is 17.6. The van der Waals surface area contributed by atoms with Gasteiger partial charge in [-0.3, -0.25) is 9.69 Å². The minimum Gasteiger partial charge on any atom is -0.493 e. The lowest BCUT2D eigenvalue weighted by molar-refractivity contribution is -0.132. The second-order valence-corrected chi connectivity index (χ2v) is 6.44. The molecule has 1 aromatic carbocycles. The van der Waals surface area contributed by atoms with Crippen molar-refractivity contribution < 1.29 is 14.3 Å². The molecule has 0 aromatic heterocycles. The number of hydrogen-bond acceptors (Lipinski definition) is 4. The molecule has 0 bridgehead atoms. The molecule has 1 aromatic rings. The van der Waals surface area contributed by atoms with Gasteiger partial charge in [-0.05, 0) is 23.6 Å². The van der Waals surface area contributed by atoms with Crippen LogP contribution in [0.2, 0.25) is 0 Å². The zero-order valence-electron chi connectivity index (χ0n) is 14.7. The topological polar surface area (TPSA) is 42.0 Å². The van der Waals surface area contributed by atoms with Crippen LogP contribution in [0.3, 0.4) is 0 Å². The fraction of sp³-hybridized carbons (Fsp3) is 0.611. The standard InChI is InChI=1S/C18H28N2O3/c1-14(2)13-19-7-9-20(10-8-19)18(21)12-15-5-6-16(22-3)17(11-15)23-4/h5-6,11,14H,7-10,12-13H2,1-4H3. The lowest BCUT2D eigenvalue weighted by atomic mass is 10.1. The molecule has 0 saturated carbocycles. The van der Waals surface area contributed by atoms with Gasteiger partial charge in [-0.2, -0.15) is 0 Å². The molecular weight excluding hydrogens is 292 g/mol. The van der Waals surface area contributed by atoms with Crippen molar-refractivity contribution in [2.75, 3.05) is 46.9 Å². The van der Waals surface area contributed by atoms with E-state index in [1.54, 1.807) is 14.2 Å². The van der Waals surface area contributed by atoms with Crippen molar-refractivity contribution in [3.8, 4) is 11.5 Å². The molecule has 0 aliphatic carbocycles. The molecule has 0 spiro atoms. The van der Waals surface area contributed by atoms with Gasteiger partial charge in [0.05, 0.1) is 20.6 Å². The molecule has 5 nitrogen and oxygen atoms in total. The van der Waals surface area contributed by atoms with Crippen LogP contribution in [0.4, 0.5) is 0 Å². The smallest absolute Gasteiger partial charge is 0.227 e. The van der Waals surface area contributed by atoms with Crippen LogP contribution < -0.4 is 9.47 Å². The Balaban J connectivity index is 1.90. The third-order valence-electron chi connectivity index (χ3n) is 4.15. The minimum atomic E-state index is 0.182. The van der Waals surface area contributed by atoms with E-state index in [1.165, 1.54) is 0 Å². The van der Waals surface area contributed by atoms with Crippen LogP contribution in [0.5, 0.6) is 11.5 Å². The Labute approximate surface area is 139 Å². The monoisotopic (exact) mass is 320 g/mol. The Morgan fingerprint density at radius 2 is 1.74 bits per heavy atom. The Morgan fingerprint density at radius 3 is 2.30 bits per heavy atom. The van der Waals surface area contributed by atoms with Gasteiger partial charge in [-0.15, -0.1) is 0 Å². The van der Waals surface area contributed by atoms with E-state index < -0.39 is 0 Å². The van der Waals surface area contributed by atoms with Gasteiger partial charge < -0.3 is 14.4 Å². The molecule has 0 atom stereocenters. The third kappa shape index (κ3) is 4.86. The molecule has 128 valence electrons. The van der Waals surface area contributed by atoms with Crippen molar-refractivity contribution in [2.24, 2.45) is 5.92 Å². The summed E-state index contributed by atoms with van der Waals surface area (Å²) in [6, 6.07) is 5.65. The summed E-state index contributed by atoms with van der Waals surface area (Å²) in [5, 5.41) is 0. The van der Waals surface area contributed by atoms with Gasteiger partial charge >= 0.3 is 0 Å². The summed E-state index contributed by atoms with van der Waals surface area (Å²) in [4.78, 5) is 16.9. The maximum atomic E-state index is 12.5. The van der Waals surface area contributed by atoms with Gasteiger partial charge in [0.1, 0.15) is 0 Å². The highest BCUT2D eigenvalue weighted by Crippen LogP contribution is 2.27. The zero-order valence-corrected chi connectivity index (χ0v) is 14.7. The lowest BCUT2D eigenvalue weighted by Gasteiger charge is -2.35. The van der Waals surface area contributed by atoms with Crippen molar-refractivity contribution in [1.82, 2.24) is 9.80 Å². The number of amides is 1. The summed E-state index contributed by atoms with van der Waals surface area (Å²) in [6.45, 7) is 9.14. The average Bonchev–Trinajstić information content (AvgIpc) is 2.54. The first-order valence-corrected chi connectivity index (χ1v) is 8.24. The van der Waals surface area contributed by atoms with Crippen LogP contribution >= 0.6 is 0 Å². The molecule has 1 saturated heterocycles. The van der Waals surface area contributed by atoms with Gasteiger partial charge in [0, 0.05) is 32.7 Å². The first-order chi connectivity index (χ1) is 11.0. The number of hydrogen-bond donors (Lipinski definition) is 0. The van der Waals surface area contributed by atoms with Crippen molar-refractivity contribution in [2.45, 2.75) is 20.3 Å². The van der Waals surface area contributed by atoms with E-state index in [0.717, 1.165) is 38.3 Å². The van der Waals surface area contributed by atoms with Crippen LogP contribution in [-0.2, 0) is 11.2 Å². The molecule has 1 amide bonds. The maximum absolute atomic E-state index is 12.5. The number of rotatable bonds is 6. The molecule has 0 N–H and O–H groups in total. The number of nitrogens with zero attached hydrogens (tertiary/aromatic N) is 2. The summed E-state index contributed by atoms with van der Waals surface area (Å²) in [6.07, 6.45) is 0.407. The molecule has 1 fully saturated rings. The molecule has 5 heteroatoms. The normalized spacial score (nSPS) is 15.8. The van der Waals surface area contributed by atoms with Crippen molar-refractivity contribution >= 4 is 5.91 Å². The summed E-state index contributed by atoms with van der Waals surface area (Å²) in [5.74, 6) is 2.20. The molecule has 0 unspecified atom stereocenters. The van der Waals surface area contributed by atoms with Gasteiger partial charge in [0.25, 0.3) is 0 Å². The number of carbonyl (C=O) groups excluding carboxylic acids is 1. The Kier molecular flexibility index (Phi) is 6.28. The highest BCUT2D eigenvalue weighted by molar-refractivity contribution is 5.79. The predicted octanol–water partition coefficient (Wildman–Crippen LogP) is 2.05. The second-order valence-electron chi connectivity index (χ2n) is 6.44. The van der Waals surface area contributed by atoms with Gasteiger partial charge in [-0.1, -0.05) is 19.9 Å². The van der Waals surface area contributed by atoms with Crippen LogP contribution in [0.1, 0.15) is 19.4 Å². The minimum absolute atomic E-state index is 0.182. The molecule has 1 aliphatic heterocycles. The van der Waals surface area contributed by atoms with E-state index in [4.69, 9.17) is 9.47 Å². The van der Waals surface area contributed by atoms with E-state index in [9.17, 15) is 4.79 Å². The predicted molar refractivity (Wildman–Crippen MR) is 91.1 cm³/mol. The largest absolute Gasteiger partial charge is 0.493 e. The second kappa shape index (κ2) is 8.20. The van der Waals surface area contributed by atoms with Gasteiger partial charge in [-0.25, -0.2) is 0 Å². The van der Waals surface area contributed by atoms with E-state index in [0.29, 0.717) is 23.8 Å². The number of ether oxygens (including phenoxy) is 2. The van der Waals surface area contributed by atoms with Crippen molar-refractivity contribution in [1.29, 1.82) is 0 Å². The molecule has 1 heterocycles. The summed E-state index contributed by atoms with van der Waals surface area (Å²) in [5.41, 5.74) is 0.956. The zero-order chi connectivity index (χ0) is 16.8. The van der Waals surface area contributed by atoms with Crippen LogP contribution in [0.25, 0.3) is 0 Å². The van der Waals surface area contributed by atoms with Crippen molar-refractivity contribution in [3.63, 3.8) is 0 Å². The lowest BCUT2D eigenvalue weighted by Crippen LogP contribution is -2.49. The SMILES string of the molecule is COc1ccc(CC(=O)N2CCN(CC(C)C)CC2)cc1OC. The van der Waals surface area contributed by atoms with Crippen LogP contribution in [0.15, 0.2) is 18.2 Å². The van der Waals surface area contributed by atoms with Crippen LogP contribution in [-0.4, -0.2) is 62.7 Å². The molecule has 0 radical (unpaired) electrons. The number of carbonyl (C=O) groups is 1. The highest BCUT2D eigenvalue weighted by atomic mass is 16.5. The highest BCUT2D eigenvalue weighted by Gasteiger charge is 2.21. The first-order valence-electron chi connectivity index (χ1n) is 8.24. The van der Waals surface area contributed by atoms with E-state index in [-0.39, 0.29) is 5.91 Å². The average molecular weight is 320 g/mol. The van der Waals surface area contributed by atoms with Crippen molar-refractivity contribution in [3.05, 3.63) is 23.8 Å². The number of benzene rings is 1. The van der Waals surface area contributed by atoms with Crippen LogP contribution in [0, 0.1) is 5.92 Å². The quantitative estimate of drug-likeness (QED) is 0.804. The fourth-order valence-electron chi connectivity index (χ4n) is 2.97. The number of methoxy groups -OCH3 is 2. The van der Waals surface area contributed by atoms with Gasteiger partial charge in [0.15, 0.2) is 11.5 Å².